The van der Waals surface area contributed by atoms with Gasteiger partial charge in [-0.25, -0.2) is 4.99 Å². The van der Waals surface area contributed by atoms with Gasteiger partial charge in [0.05, 0.1) is 12.0 Å². The molecule has 0 unspecified atom stereocenters. The first-order valence-electron chi connectivity index (χ1n) is 4.82. The van der Waals surface area contributed by atoms with Crippen molar-refractivity contribution < 1.29 is 0 Å². The van der Waals surface area contributed by atoms with Gasteiger partial charge in [0, 0.05) is 12.6 Å². The third-order valence-electron chi connectivity index (χ3n) is 2.19. The van der Waals surface area contributed by atoms with Gasteiger partial charge in [-0.05, 0) is 32.9 Å². The van der Waals surface area contributed by atoms with E-state index in [9.17, 15) is 0 Å². The summed E-state index contributed by atoms with van der Waals surface area (Å²) < 4.78 is 0. The van der Waals surface area contributed by atoms with Crippen molar-refractivity contribution in [2.75, 3.05) is 7.05 Å². The van der Waals surface area contributed by atoms with Crippen LogP contribution in [0.1, 0.15) is 20.8 Å². The zero-order valence-electron chi connectivity index (χ0n) is 9.36. The van der Waals surface area contributed by atoms with Crippen LogP contribution < -0.4 is 0 Å². The molecule has 0 atom stereocenters. The SMILES string of the molecule is CN(C=Nc1ccccc1)C(C)(C)C. The molecule has 0 spiro atoms. The molecular formula is C12H18N2. The van der Waals surface area contributed by atoms with Gasteiger partial charge in [0.2, 0.25) is 0 Å². The fourth-order valence-electron chi connectivity index (χ4n) is 0.841. The van der Waals surface area contributed by atoms with Crippen molar-refractivity contribution in [3.05, 3.63) is 30.3 Å². The van der Waals surface area contributed by atoms with E-state index in [0.717, 1.165) is 5.69 Å². The first-order valence-corrected chi connectivity index (χ1v) is 4.82. The van der Waals surface area contributed by atoms with Crippen LogP contribution in [0.4, 0.5) is 5.69 Å². The molecule has 0 radical (unpaired) electrons. The van der Waals surface area contributed by atoms with E-state index in [0.29, 0.717) is 0 Å². The third kappa shape index (κ3) is 3.21. The average Bonchev–Trinajstić information content (AvgIpc) is 2.14. The van der Waals surface area contributed by atoms with Gasteiger partial charge in [0.15, 0.2) is 0 Å². The molecule has 0 heterocycles. The number of rotatable bonds is 2. The summed E-state index contributed by atoms with van der Waals surface area (Å²) in [5, 5.41) is 0. The molecule has 2 nitrogen and oxygen atoms in total. The molecule has 0 fully saturated rings. The summed E-state index contributed by atoms with van der Waals surface area (Å²) in [5.41, 5.74) is 1.11. The molecular weight excluding hydrogens is 172 g/mol. The Morgan fingerprint density at radius 1 is 1.14 bits per heavy atom. The highest BCUT2D eigenvalue weighted by atomic mass is 15.2. The molecule has 14 heavy (non-hydrogen) atoms. The van der Waals surface area contributed by atoms with E-state index in [1.807, 2.05) is 43.7 Å². The molecule has 0 bridgehead atoms. The van der Waals surface area contributed by atoms with E-state index >= 15 is 0 Å². The van der Waals surface area contributed by atoms with Crippen LogP contribution in [0.15, 0.2) is 35.3 Å². The van der Waals surface area contributed by atoms with E-state index in [2.05, 4.69) is 30.7 Å². The Labute approximate surface area is 86.3 Å². The number of nitrogens with zero attached hydrogens (tertiary/aromatic N) is 2. The number of aliphatic imine (C=N–C) groups is 1. The first kappa shape index (κ1) is 10.8. The lowest BCUT2D eigenvalue weighted by molar-refractivity contribution is 0.290. The molecule has 1 aromatic carbocycles. The molecule has 0 aliphatic carbocycles. The minimum absolute atomic E-state index is 0.123. The summed E-state index contributed by atoms with van der Waals surface area (Å²) in [6.45, 7) is 6.47. The van der Waals surface area contributed by atoms with Crippen LogP contribution in [0.5, 0.6) is 0 Å². The van der Waals surface area contributed by atoms with Crippen molar-refractivity contribution in [2.24, 2.45) is 4.99 Å². The second-order valence-corrected chi connectivity index (χ2v) is 4.36. The highest BCUT2D eigenvalue weighted by molar-refractivity contribution is 5.61. The molecule has 0 aliphatic heterocycles. The molecule has 76 valence electrons. The van der Waals surface area contributed by atoms with Crippen molar-refractivity contribution in [1.29, 1.82) is 0 Å². The standard InChI is InChI=1S/C12H18N2/c1-12(2,3)14(4)10-13-11-8-6-5-7-9-11/h5-10H,1-4H3. The van der Waals surface area contributed by atoms with E-state index < -0.39 is 0 Å². The lowest BCUT2D eigenvalue weighted by atomic mass is 10.1. The number of para-hydroxylation sites is 1. The molecule has 0 amide bonds. The van der Waals surface area contributed by atoms with Gasteiger partial charge in [-0.1, -0.05) is 18.2 Å². The fourth-order valence-corrected chi connectivity index (χ4v) is 0.841. The Morgan fingerprint density at radius 2 is 1.71 bits per heavy atom. The normalized spacial score (nSPS) is 12.0. The molecule has 0 N–H and O–H groups in total. The minimum atomic E-state index is 0.123. The topological polar surface area (TPSA) is 15.6 Å². The second kappa shape index (κ2) is 4.27. The van der Waals surface area contributed by atoms with E-state index in [-0.39, 0.29) is 5.54 Å². The quantitative estimate of drug-likeness (QED) is 0.517. The molecule has 0 aliphatic rings. The Balaban J connectivity index is 2.66. The van der Waals surface area contributed by atoms with Gasteiger partial charge in [0.1, 0.15) is 0 Å². The maximum atomic E-state index is 4.37. The Kier molecular flexibility index (Phi) is 3.28. The van der Waals surface area contributed by atoms with Gasteiger partial charge in [0.25, 0.3) is 0 Å². The Hall–Kier alpha value is -1.31. The van der Waals surface area contributed by atoms with E-state index in [1.165, 1.54) is 0 Å². The Morgan fingerprint density at radius 3 is 2.21 bits per heavy atom. The van der Waals surface area contributed by atoms with Crippen LogP contribution in [0.2, 0.25) is 0 Å². The number of benzene rings is 1. The van der Waals surface area contributed by atoms with Crippen molar-refractivity contribution in [3.63, 3.8) is 0 Å². The fraction of sp³-hybridized carbons (Fsp3) is 0.417. The van der Waals surface area contributed by atoms with Crippen molar-refractivity contribution in [3.8, 4) is 0 Å². The van der Waals surface area contributed by atoms with Crippen LogP contribution in [-0.2, 0) is 0 Å². The lowest BCUT2D eigenvalue weighted by Gasteiger charge is -2.29. The molecule has 1 rings (SSSR count). The van der Waals surface area contributed by atoms with E-state index in [4.69, 9.17) is 0 Å². The van der Waals surface area contributed by atoms with Crippen LogP contribution in [-0.4, -0.2) is 23.8 Å². The number of hydrogen-bond donors (Lipinski definition) is 0. The maximum Gasteiger partial charge on any atom is 0.0914 e. The minimum Gasteiger partial charge on any atom is -0.361 e. The van der Waals surface area contributed by atoms with Crippen LogP contribution in [0, 0.1) is 0 Å². The van der Waals surface area contributed by atoms with Gasteiger partial charge in [-0.2, -0.15) is 0 Å². The summed E-state index contributed by atoms with van der Waals surface area (Å²) in [7, 11) is 2.03. The summed E-state index contributed by atoms with van der Waals surface area (Å²) in [5.74, 6) is 0. The molecule has 2 heteroatoms. The highest BCUT2D eigenvalue weighted by Crippen LogP contribution is 2.12. The zero-order valence-corrected chi connectivity index (χ0v) is 9.36. The predicted molar refractivity (Wildman–Crippen MR) is 62.1 cm³/mol. The smallest absolute Gasteiger partial charge is 0.0914 e. The van der Waals surface area contributed by atoms with Crippen LogP contribution in [0.3, 0.4) is 0 Å². The maximum absolute atomic E-state index is 4.37. The molecule has 0 saturated carbocycles. The largest absolute Gasteiger partial charge is 0.361 e. The lowest BCUT2D eigenvalue weighted by Crippen LogP contribution is -2.36. The summed E-state index contributed by atoms with van der Waals surface area (Å²) in [6.07, 6.45) is 1.87. The molecule has 1 aromatic rings. The molecule has 0 saturated heterocycles. The zero-order chi connectivity index (χ0) is 10.6. The average molecular weight is 190 g/mol. The van der Waals surface area contributed by atoms with Crippen LogP contribution in [0.25, 0.3) is 0 Å². The van der Waals surface area contributed by atoms with Gasteiger partial charge in [-0.3, -0.25) is 0 Å². The Bertz CT molecular complexity index is 296. The van der Waals surface area contributed by atoms with E-state index in [1.54, 1.807) is 0 Å². The second-order valence-electron chi connectivity index (χ2n) is 4.36. The monoisotopic (exact) mass is 190 g/mol. The third-order valence-corrected chi connectivity index (χ3v) is 2.19. The summed E-state index contributed by atoms with van der Waals surface area (Å²) in [4.78, 5) is 6.47. The first-order chi connectivity index (χ1) is 6.50. The molecule has 0 aromatic heterocycles. The summed E-state index contributed by atoms with van der Waals surface area (Å²) >= 11 is 0. The van der Waals surface area contributed by atoms with Gasteiger partial charge >= 0.3 is 0 Å². The van der Waals surface area contributed by atoms with Crippen LogP contribution >= 0.6 is 0 Å². The van der Waals surface area contributed by atoms with Gasteiger partial charge in [-0.15, -0.1) is 0 Å². The van der Waals surface area contributed by atoms with Crippen molar-refractivity contribution >= 4 is 12.0 Å². The highest BCUT2D eigenvalue weighted by Gasteiger charge is 2.13. The number of hydrogen-bond acceptors (Lipinski definition) is 1. The predicted octanol–water partition coefficient (Wildman–Crippen LogP) is 3.08. The summed E-state index contributed by atoms with van der Waals surface area (Å²) in [6, 6.07) is 9.96. The van der Waals surface area contributed by atoms with Crippen molar-refractivity contribution in [1.82, 2.24) is 4.90 Å². The van der Waals surface area contributed by atoms with Gasteiger partial charge < -0.3 is 4.90 Å². The van der Waals surface area contributed by atoms with Crippen molar-refractivity contribution in [2.45, 2.75) is 26.3 Å².